The van der Waals surface area contributed by atoms with Crippen LogP contribution in [0.5, 0.6) is 0 Å². The number of nitrogens with two attached hydrogens (primary N) is 1. The van der Waals surface area contributed by atoms with Gasteiger partial charge in [0.25, 0.3) is 5.56 Å². The van der Waals surface area contributed by atoms with Gasteiger partial charge in [-0.05, 0) is 29.9 Å². The number of rotatable bonds is 5. The lowest BCUT2D eigenvalue weighted by molar-refractivity contribution is -0.117. The van der Waals surface area contributed by atoms with Crippen molar-refractivity contribution in [3.05, 3.63) is 45.1 Å². The molecule has 0 radical (unpaired) electrons. The molecule has 0 aliphatic rings. The number of hydrogen-bond acceptors (Lipinski definition) is 5. The summed E-state index contributed by atoms with van der Waals surface area (Å²) in [5.41, 5.74) is 8.44. The van der Waals surface area contributed by atoms with E-state index in [9.17, 15) is 9.59 Å². The van der Waals surface area contributed by atoms with Crippen LogP contribution in [0.2, 0.25) is 0 Å². The highest BCUT2D eigenvalue weighted by Crippen LogP contribution is 2.38. The molecule has 3 N–H and O–H groups in total. The Kier molecular flexibility index (Phi) is 5.68. The molecule has 1 amide bonds. The number of benzene rings is 1. The number of aromatic amines is 1. The van der Waals surface area contributed by atoms with Gasteiger partial charge in [0.2, 0.25) is 5.91 Å². The molecule has 3 aromatic rings. The molecule has 0 aliphatic carbocycles. The number of hydrogen-bond donors (Lipinski definition) is 2. The maximum atomic E-state index is 12.9. The quantitative estimate of drug-likeness (QED) is 0.475. The Morgan fingerprint density at radius 1 is 1.29 bits per heavy atom. The van der Waals surface area contributed by atoms with Crippen LogP contribution in [-0.2, 0) is 16.6 Å². The molecule has 2 aromatic heterocycles. The van der Waals surface area contributed by atoms with Crippen LogP contribution in [0, 0.1) is 0 Å². The minimum Gasteiger partial charge on any atom is -0.369 e. The molecule has 0 saturated heterocycles. The third-order valence-electron chi connectivity index (χ3n) is 4.66. The number of fused-ring (bicyclic) bond motifs is 1. The molecule has 1 unspecified atom stereocenters. The van der Waals surface area contributed by atoms with E-state index in [0.717, 1.165) is 22.4 Å². The molecule has 0 fully saturated rings. The lowest BCUT2D eigenvalue weighted by Crippen LogP contribution is -2.23. The normalized spacial score (nSPS) is 13.0. The van der Waals surface area contributed by atoms with Crippen LogP contribution in [0.15, 0.2) is 34.2 Å². The molecule has 1 aromatic carbocycles. The fraction of sp³-hybridized carbons (Fsp3) is 0.381. The molecular weight excluding hydrogens is 390 g/mol. The van der Waals surface area contributed by atoms with Crippen molar-refractivity contribution >= 4 is 39.2 Å². The molecule has 28 heavy (non-hydrogen) atoms. The number of H-pyrrole nitrogens is 1. The minimum atomic E-state index is -0.462. The zero-order chi connectivity index (χ0) is 20.6. The number of primary amides is 1. The van der Waals surface area contributed by atoms with Crippen LogP contribution in [0.25, 0.3) is 21.3 Å². The Morgan fingerprint density at radius 2 is 1.93 bits per heavy atom. The molecular formula is C21H25N3O2S2. The highest BCUT2D eigenvalue weighted by molar-refractivity contribution is 8.00. The Hall–Kier alpha value is -2.12. The number of aryl methyl sites for hydroxylation is 1. The first-order valence-electron chi connectivity index (χ1n) is 9.24. The number of nitrogens with one attached hydrogen (secondary N) is 1. The second-order valence-electron chi connectivity index (χ2n) is 7.79. The molecule has 148 valence electrons. The van der Waals surface area contributed by atoms with Crippen molar-refractivity contribution in [1.29, 1.82) is 0 Å². The van der Waals surface area contributed by atoms with Gasteiger partial charge in [0.15, 0.2) is 5.16 Å². The van der Waals surface area contributed by atoms with Crippen molar-refractivity contribution in [2.75, 3.05) is 0 Å². The van der Waals surface area contributed by atoms with Gasteiger partial charge in [0, 0.05) is 10.4 Å². The Labute approximate surface area is 172 Å². The molecule has 5 nitrogen and oxygen atoms in total. The van der Waals surface area contributed by atoms with Crippen LogP contribution in [0.1, 0.15) is 45.1 Å². The van der Waals surface area contributed by atoms with Crippen molar-refractivity contribution in [3.8, 4) is 11.1 Å². The van der Waals surface area contributed by atoms with E-state index in [1.54, 1.807) is 6.92 Å². The number of thioether (sulfide) groups is 1. The van der Waals surface area contributed by atoms with Gasteiger partial charge in [-0.2, -0.15) is 0 Å². The minimum absolute atomic E-state index is 0.0745. The van der Waals surface area contributed by atoms with E-state index in [-0.39, 0.29) is 11.0 Å². The molecule has 0 spiro atoms. The van der Waals surface area contributed by atoms with Crippen molar-refractivity contribution < 1.29 is 4.79 Å². The van der Waals surface area contributed by atoms with Crippen molar-refractivity contribution in [3.63, 3.8) is 0 Å². The number of nitrogens with zero attached hydrogens (tertiary/aromatic N) is 1. The molecule has 0 bridgehead atoms. The molecule has 2 heterocycles. The number of amides is 1. The third-order valence-corrected chi connectivity index (χ3v) is 6.89. The second-order valence-corrected chi connectivity index (χ2v) is 10.2. The summed E-state index contributed by atoms with van der Waals surface area (Å²) >= 11 is 2.70. The second kappa shape index (κ2) is 7.72. The molecule has 3 rings (SSSR count). The summed E-state index contributed by atoms with van der Waals surface area (Å²) in [5, 5.41) is 0.569. The standard InChI is InChI=1S/C21H25N3O2S2/c1-6-14-15(12-7-9-13(10-8-12)21(3,4)5)16-18(26)23-20(24-19(16)28-14)27-11(2)17(22)25/h7-11H,6H2,1-5H3,(H2,22,25)(H,23,24,26). The fourth-order valence-electron chi connectivity index (χ4n) is 3.01. The Morgan fingerprint density at radius 3 is 2.46 bits per heavy atom. The zero-order valence-electron chi connectivity index (χ0n) is 16.8. The zero-order valence-corrected chi connectivity index (χ0v) is 18.4. The first-order valence-corrected chi connectivity index (χ1v) is 10.9. The van der Waals surface area contributed by atoms with Crippen molar-refractivity contribution in [2.45, 2.75) is 56.9 Å². The smallest absolute Gasteiger partial charge is 0.260 e. The summed E-state index contributed by atoms with van der Waals surface area (Å²) in [6, 6.07) is 8.41. The van der Waals surface area contributed by atoms with E-state index in [1.165, 1.54) is 28.7 Å². The molecule has 7 heteroatoms. The summed E-state index contributed by atoms with van der Waals surface area (Å²) in [6.45, 7) is 10.3. The molecule has 0 saturated carbocycles. The van der Waals surface area contributed by atoms with Crippen LogP contribution in [-0.4, -0.2) is 21.1 Å². The van der Waals surface area contributed by atoms with Crippen LogP contribution < -0.4 is 11.3 Å². The van der Waals surface area contributed by atoms with E-state index in [1.807, 2.05) is 0 Å². The van der Waals surface area contributed by atoms with E-state index in [2.05, 4.69) is 61.9 Å². The van der Waals surface area contributed by atoms with Gasteiger partial charge >= 0.3 is 0 Å². The summed E-state index contributed by atoms with van der Waals surface area (Å²) in [7, 11) is 0. The average molecular weight is 416 g/mol. The van der Waals surface area contributed by atoms with Gasteiger partial charge < -0.3 is 10.7 Å². The van der Waals surface area contributed by atoms with Crippen molar-refractivity contribution in [2.24, 2.45) is 5.73 Å². The summed E-state index contributed by atoms with van der Waals surface area (Å²) < 4.78 is 0. The number of carbonyl (C=O) groups is 1. The third kappa shape index (κ3) is 4.00. The van der Waals surface area contributed by atoms with E-state index >= 15 is 0 Å². The lowest BCUT2D eigenvalue weighted by Gasteiger charge is -2.19. The predicted molar refractivity (Wildman–Crippen MR) is 118 cm³/mol. The van der Waals surface area contributed by atoms with Gasteiger partial charge in [-0.1, -0.05) is 63.7 Å². The number of aromatic nitrogens is 2. The van der Waals surface area contributed by atoms with E-state index < -0.39 is 11.2 Å². The summed E-state index contributed by atoms with van der Waals surface area (Å²) in [6.07, 6.45) is 0.816. The first-order chi connectivity index (χ1) is 13.1. The van der Waals surface area contributed by atoms with Gasteiger partial charge in [0.1, 0.15) is 4.83 Å². The number of thiophene rings is 1. The van der Waals surface area contributed by atoms with Crippen LogP contribution in [0.3, 0.4) is 0 Å². The maximum Gasteiger partial charge on any atom is 0.260 e. The van der Waals surface area contributed by atoms with Gasteiger partial charge in [-0.15, -0.1) is 11.3 Å². The summed E-state index contributed by atoms with van der Waals surface area (Å²) in [5.74, 6) is -0.437. The lowest BCUT2D eigenvalue weighted by atomic mass is 9.86. The Bertz CT molecular complexity index is 1080. The Balaban J connectivity index is 2.13. The van der Waals surface area contributed by atoms with Crippen molar-refractivity contribution in [1.82, 2.24) is 9.97 Å². The largest absolute Gasteiger partial charge is 0.369 e. The first kappa shape index (κ1) is 20.6. The van der Waals surface area contributed by atoms with E-state index in [4.69, 9.17) is 5.73 Å². The highest BCUT2D eigenvalue weighted by Gasteiger charge is 2.20. The molecule has 0 aliphatic heterocycles. The number of carbonyl (C=O) groups excluding carboxylic acids is 1. The highest BCUT2D eigenvalue weighted by atomic mass is 32.2. The fourth-order valence-corrected chi connectivity index (χ4v) is 4.94. The predicted octanol–water partition coefficient (Wildman–Crippen LogP) is 4.48. The van der Waals surface area contributed by atoms with Crippen LogP contribution in [0.4, 0.5) is 0 Å². The van der Waals surface area contributed by atoms with Gasteiger partial charge in [-0.3, -0.25) is 9.59 Å². The maximum absolute atomic E-state index is 12.9. The molecule has 1 atom stereocenters. The SMILES string of the molecule is CCc1sc2nc(SC(C)C(N)=O)[nH]c(=O)c2c1-c1ccc(C(C)(C)C)cc1. The van der Waals surface area contributed by atoms with Gasteiger partial charge in [0.05, 0.1) is 10.6 Å². The van der Waals surface area contributed by atoms with Gasteiger partial charge in [-0.25, -0.2) is 4.98 Å². The average Bonchev–Trinajstić information content (AvgIpc) is 3.00. The summed E-state index contributed by atoms with van der Waals surface area (Å²) in [4.78, 5) is 33.4. The van der Waals surface area contributed by atoms with E-state index in [0.29, 0.717) is 15.4 Å². The van der Waals surface area contributed by atoms with Crippen LogP contribution >= 0.6 is 23.1 Å². The topological polar surface area (TPSA) is 88.8 Å². The monoisotopic (exact) mass is 415 g/mol.